The van der Waals surface area contributed by atoms with E-state index in [2.05, 4.69) is 5.32 Å². The summed E-state index contributed by atoms with van der Waals surface area (Å²) in [4.78, 5) is 11.7. The lowest BCUT2D eigenvalue weighted by Crippen LogP contribution is -2.27. The molecular weight excluding hydrogens is 304 g/mol. The van der Waals surface area contributed by atoms with Gasteiger partial charge in [-0.1, -0.05) is 32.9 Å². The first-order valence-electron chi connectivity index (χ1n) is 7.61. The van der Waals surface area contributed by atoms with Crippen molar-refractivity contribution in [2.24, 2.45) is 5.41 Å². The fraction of sp³-hybridized carbons (Fsp3) is 0.316. The first-order chi connectivity index (χ1) is 11.3. The van der Waals surface area contributed by atoms with E-state index in [0.29, 0.717) is 0 Å². The molecular formula is C19H30N2O3. The molecule has 0 aliphatic heterocycles. The van der Waals surface area contributed by atoms with Gasteiger partial charge in [0, 0.05) is 31.8 Å². The quantitative estimate of drug-likeness (QED) is 0.813. The van der Waals surface area contributed by atoms with Crippen molar-refractivity contribution in [3.05, 3.63) is 48.5 Å². The predicted molar refractivity (Wildman–Crippen MR) is 103 cm³/mol. The summed E-state index contributed by atoms with van der Waals surface area (Å²) in [6.07, 6.45) is 0. The van der Waals surface area contributed by atoms with Crippen LogP contribution in [0.15, 0.2) is 48.5 Å². The van der Waals surface area contributed by atoms with Gasteiger partial charge in [-0.3, -0.25) is 4.79 Å². The summed E-state index contributed by atoms with van der Waals surface area (Å²) in [5.41, 5.74) is 6.56. The highest BCUT2D eigenvalue weighted by molar-refractivity contribution is 5.94. The van der Waals surface area contributed by atoms with Gasteiger partial charge in [0.25, 0.3) is 0 Å². The highest BCUT2D eigenvalue weighted by Gasteiger charge is 2.21. The lowest BCUT2D eigenvalue weighted by atomic mass is 9.95. The lowest BCUT2D eigenvalue weighted by molar-refractivity contribution is -0.123. The van der Waals surface area contributed by atoms with E-state index in [1.165, 1.54) is 0 Å². The van der Waals surface area contributed by atoms with Gasteiger partial charge in [-0.05, 0) is 24.3 Å². The molecule has 0 heterocycles. The monoisotopic (exact) mass is 334 g/mol. The topological polar surface area (TPSA) is 73.6 Å². The Morgan fingerprint density at radius 1 is 1.00 bits per heavy atom. The van der Waals surface area contributed by atoms with Crippen molar-refractivity contribution in [1.82, 2.24) is 0 Å². The lowest BCUT2D eigenvalue weighted by Gasteiger charge is -2.17. The highest BCUT2D eigenvalue weighted by atomic mass is 16.5. The van der Waals surface area contributed by atoms with Crippen molar-refractivity contribution in [3.8, 4) is 11.5 Å². The smallest absolute Gasteiger partial charge is 0.229 e. The van der Waals surface area contributed by atoms with Crippen LogP contribution in [0.5, 0.6) is 11.5 Å². The van der Waals surface area contributed by atoms with Crippen LogP contribution in [-0.4, -0.2) is 20.1 Å². The molecule has 0 aliphatic rings. The molecule has 0 saturated heterocycles. The van der Waals surface area contributed by atoms with Gasteiger partial charge < -0.3 is 20.5 Å². The second kappa shape index (κ2) is 8.82. The van der Waals surface area contributed by atoms with Gasteiger partial charge in [-0.25, -0.2) is 0 Å². The Labute approximate surface area is 146 Å². The van der Waals surface area contributed by atoms with Gasteiger partial charge in [0.1, 0.15) is 11.5 Å². The fourth-order valence-corrected chi connectivity index (χ4v) is 1.66. The molecule has 0 unspecified atom stereocenters. The minimum Gasteiger partial charge on any atom is -0.497 e. The molecule has 0 aliphatic carbocycles. The van der Waals surface area contributed by atoms with Crippen LogP contribution in [0.1, 0.15) is 23.6 Å². The summed E-state index contributed by atoms with van der Waals surface area (Å²) < 4.78 is 9.99. The largest absolute Gasteiger partial charge is 0.497 e. The molecule has 1 amide bonds. The summed E-state index contributed by atoms with van der Waals surface area (Å²) in [5.74, 6) is 1.53. The number of anilines is 2. The molecule has 24 heavy (non-hydrogen) atoms. The number of rotatable bonds is 3. The van der Waals surface area contributed by atoms with Gasteiger partial charge in [0.2, 0.25) is 5.91 Å². The van der Waals surface area contributed by atoms with Gasteiger partial charge in [-0.2, -0.15) is 0 Å². The summed E-state index contributed by atoms with van der Waals surface area (Å²) in [6.45, 7) is 5.63. The van der Waals surface area contributed by atoms with E-state index >= 15 is 0 Å². The molecule has 0 spiro atoms. The standard InChI is InChI=1S/C12H17NO2.C7H9NO.2H2/c1-12(2,3)11(14)13-9-6-5-7-10(8-9)15-4;1-9-7-4-2-3-6(8)5-7;;/h5-8H,1-4H3,(H,13,14);2-5H,8H2,1H3;2*1H. The van der Waals surface area contributed by atoms with Crippen molar-refractivity contribution in [3.63, 3.8) is 0 Å². The average Bonchev–Trinajstić information content (AvgIpc) is 2.54. The maximum absolute atomic E-state index is 11.7. The van der Waals surface area contributed by atoms with Crippen molar-refractivity contribution in [2.45, 2.75) is 20.8 Å². The van der Waals surface area contributed by atoms with Crippen LogP contribution in [0.3, 0.4) is 0 Å². The summed E-state index contributed by atoms with van der Waals surface area (Å²) >= 11 is 0. The minimum atomic E-state index is -0.386. The number of nitrogens with two attached hydrogens (primary N) is 1. The second-order valence-electron chi connectivity index (χ2n) is 6.21. The third-order valence-corrected chi connectivity index (χ3v) is 3.10. The van der Waals surface area contributed by atoms with E-state index in [4.69, 9.17) is 15.2 Å². The summed E-state index contributed by atoms with van der Waals surface area (Å²) in [5, 5.41) is 2.84. The number of nitrogens with one attached hydrogen (secondary N) is 1. The molecule has 0 saturated carbocycles. The molecule has 0 fully saturated rings. The maximum atomic E-state index is 11.7. The Morgan fingerprint density at radius 2 is 1.54 bits per heavy atom. The highest BCUT2D eigenvalue weighted by Crippen LogP contribution is 2.20. The van der Waals surface area contributed by atoms with Crippen LogP contribution in [0.2, 0.25) is 0 Å². The van der Waals surface area contributed by atoms with Crippen molar-refractivity contribution in [2.75, 3.05) is 25.3 Å². The number of carbonyl (C=O) groups excluding carboxylic acids is 1. The average molecular weight is 334 g/mol. The van der Waals surface area contributed by atoms with E-state index in [-0.39, 0.29) is 14.2 Å². The number of nitrogen functional groups attached to an aromatic ring is 1. The number of hydrogen-bond donors (Lipinski definition) is 2. The van der Waals surface area contributed by atoms with E-state index in [1.807, 2.05) is 57.2 Å². The van der Waals surface area contributed by atoms with Gasteiger partial charge in [-0.15, -0.1) is 0 Å². The molecule has 2 rings (SSSR count). The molecule has 0 bridgehead atoms. The van der Waals surface area contributed by atoms with Gasteiger partial charge in [0.05, 0.1) is 14.2 Å². The Hall–Kier alpha value is -2.69. The minimum absolute atomic E-state index is 0. The molecule has 134 valence electrons. The van der Waals surface area contributed by atoms with Gasteiger partial charge >= 0.3 is 0 Å². The molecule has 2 aromatic rings. The zero-order valence-electron chi connectivity index (χ0n) is 14.9. The molecule has 0 atom stereocenters. The van der Waals surface area contributed by atoms with Crippen LogP contribution in [0, 0.1) is 5.41 Å². The van der Waals surface area contributed by atoms with Crippen molar-refractivity contribution < 1.29 is 17.1 Å². The Morgan fingerprint density at radius 3 is 2.00 bits per heavy atom. The number of hydrogen-bond acceptors (Lipinski definition) is 4. The van der Waals surface area contributed by atoms with Crippen LogP contribution in [0.4, 0.5) is 11.4 Å². The second-order valence-corrected chi connectivity index (χ2v) is 6.21. The van der Waals surface area contributed by atoms with Crippen molar-refractivity contribution in [1.29, 1.82) is 0 Å². The van der Waals surface area contributed by atoms with Crippen LogP contribution >= 0.6 is 0 Å². The van der Waals surface area contributed by atoms with Crippen molar-refractivity contribution >= 4 is 17.3 Å². The molecule has 0 aromatic heterocycles. The van der Waals surface area contributed by atoms with E-state index in [9.17, 15) is 4.79 Å². The normalized spacial score (nSPS) is 10.2. The number of benzene rings is 2. The predicted octanol–water partition coefficient (Wildman–Crippen LogP) is 4.45. The zero-order chi connectivity index (χ0) is 18.2. The third kappa shape index (κ3) is 6.60. The van der Waals surface area contributed by atoms with E-state index in [1.54, 1.807) is 26.4 Å². The summed E-state index contributed by atoms with van der Waals surface area (Å²) in [6, 6.07) is 14.6. The number of carbonyl (C=O) groups is 1. The van der Waals surface area contributed by atoms with Crippen LogP contribution < -0.4 is 20.5 Å². The van der Waals surface area contributed by atoms with Crippen LogP contribution in [0.25, 0.3) is 0 Å². The fourth-order valence-electron chi connectivity index (χ4n) is 1.66. The summed E-state index contributed by atoms with van der Waals surface area (Å²) in [7, 11) is 3.22. The number of methoxy groups -OCH3 is 2. The third-order valence-electron chi connectivity index (χ3n) is 3.10. The Kier molecular flexibility index (Phi) is 7.11. The molecule has 3 N–H and O–H groups in total. The zero-order valence-corrected chi connectivity index (χ0v) is 14.9. The van der Waals surface area contributed by atoms with E-state index < -0.39 is 0 Å². The molecule has 5 nitrogen and oxygen atoms in total. The Bertz CT molecular complexity index is 674. The molecule has 2 aromatic carbocycles. The maximum Gasteiger partial charge on any atom is 0.229 e. The SMILES string of the molecule is COc1cccc(N)c1.COc1cccc(NC(=O)C(C)(C)C)c1.[HH].[HH]. The van der Waals surface area contributed by atoms with Crippen LogP contribution in [-0.2, 0) is 4.79 Å². The first-order valence-corrected chi connectivity index (χ1v) is 7.61. The van der Waals surface area contributed by atoms with E-state index in [0.717, 1.165) is 22.9 Å². The first kappa shape index (κ1) is 19.4. The molecule has 5 heteroatoms. The molecule has 0 radical (unpaired) electrons. The number of ether oxygens (including phenoxy) is 2. The number of amides is 1. The van der Waals surface area contributed by atoms with Gasteiger partial charge in [0.15, 0.2) is 0 Å². The Balaban J connectivity index is 0.